The summed E-state index contributed by atoms with van der Waals surface area (Å²) in [6, 6.07) is 17.3. The molecular weight excluding hydrogens is 396 g/mol. The van der Waals surface area contributed by atoms with E-state index in [9.17, 15) is 0 Å². The first-order valence-corrected chi connectivity index (χ1v) is 10.5. The van der Waals surface area contributed by atoms with Crippen LogP contribution in [0.15, 0.2) is 57.9 Å². The van der Waals surface area contributed by atoms with Gasteiger partial charge in [0.15, 0.2) is 0 Å². The zero-order chi connectivity index (χ0) is 17.1. The van der Waals surface area contributed by atoms with Gasteiger partial charge in [-0.1, -0.05) is 46.3 Å². The van der Waals surface area contributed by atoms with E-state index in [1.165, 1.54) is 42.0 Å². The molecule has 0 bridgehead atoms. The van der Waals surface area contributed by atoms with Crippen molar-refractivity contribution in [2.24, 2.45) is 0 Å². The van der Waals surface area contributed by atoms with Crippen molar-refractivity contribution in [2.45, 2.75) is 30.2 Å². The molecule has 1 saturated heterocycles. The molecule has 0 radical (unpaired) electrons. The molecular formula is C20H23BrN2OS. The van der Waals surface area contributed by atoms with Gasteiger partial charge in [0.1, 0.15) is 0 Å². The van der Waals surface area contributed by atoms with Gasteiger partial charge in [0.25, 0.3) is 0 Å². The van der Waals surface area contributed by atoms with E-state index in [0.29, 0.717) is 0 Å². The predicted molar refractivity (Wildman–Crippen MR) is 106 cm³/mol. The Hall–Kier alpha value is -0.850. The number of hydrogen-bond donors (Lipinski definition) is 0. The maximum Gasteiger partial charge on any atom is 0.0982 e. The molecule has 1 fully saturated rings. The highest BCUT2D eigenvalue weighted by atomic mass is 79.9. The van der Waals surface area contributed by atoms with Crippen molar-refractivity contribution < 1.29 is 4.84 Å². The van der Waals surface area contributed by atoms with Crippen molar-refractivity contribution in [3.8, 4) is 0 Å². The third kappa shape index (κ3) is 4.12. The number of hydrogen-bond acceptors (Lipinski definition) is 4. The van der Waals surface area contributed by atoms with Crippen molar-refractivity contribution >= 4 is 27.9 Å². The SMILES string of the molecule is Brc1ccc(C2c3ccccc3SN2OCCCN2CCCC2)cc1. The van der Waals surface area contributed by atoms with Crippen molar-refractivity contribution in [2.75, 3.05) is 26.2 Å². The predicted octanol–water partition coefficient (Wildman–Crippen LogP) is 5.28. The van der Waals surface area contributed by atoms with Crippen LogP contribution in [0.2, 0.25) is 0 Å². The highest BCUT2D eigenvalue weighted by molar-refractivity contribution is 9.10. The Bertz CT molecular complexity index is 703. The molecule has 132 valence electrons. The monoisotopic (exact) mass is 418 g/mol. The van der Waals surface area contributed by atoms with Gasteiger partial charge >= 0.3 is 0 Å². The Kier molecular flexibility index (Phi) is 5.78. The van der Waals surface area contributed by atoms with E-state index in [-0.39, 0.29) is 6.04 Å². The van der Waals surface area contributed by atoms with Gasteiger partial charge in [-0.25, -0.2) is 0 Å². The molecule has 0 N–H and O–H groups in total. The molecule has 0 saturated carbocycles. The fourth-order valence-electron chi connectivity index (χ4n) is 3.55. The van der Waals surface area contributed by atoms with Gasteiger partial charge < -0.3 is 4.90 Å². The number of rotatable bonds is 6. The van der Waals surface area contributed by atoms with Crippen LogP contribution in [0.5, 0.6) is 0 Å². The number of nitrogens with zero attached hydrogens (tertiary/aromatic N) is 2. The molecule has 0 aliphatic carbocycles. The highest BCUT2D eigenvalue weighted by Gasteiger charge is 2.33. The Balaban J connectivity index is 1.43. The number of halogens is 1. The van der Waals surface area contributed by atoms with Gasteiger partial charge in [-0.2, -0.15) is 0 Å². The maximum absolute atomic E-state index is 6.20. The maximum atomic E-state index is 6.20. The molecule has 2 aliphatic rings. The average molecular weight is 419 g/mol. The van der Waals surface area contributed by atoms with Gasteiger partial charge in [-0.15, -0.1) is 4.47 Å². The molecule has 0 aromatic heterocycles. The van der Waals surface area contributed by atoms with Gasteiger partial charge in [-0.3, -0.25) is 4.84 Å². The third-order valence-corrected chi connectivity index (χ3v) is 6.43. The molecule has 5 heteroatoms. The standard InChI is InChI=1S/C20H23BrN2OS/c21-17-10-8-16(9-11-17)20-18-6-1-2-7-19(18)25-23(20)24-15-5-14-22-12-3-4-13-22/h1-2,6-11,20H,3-5,12-15H2. The lowest BCUT2D eigenvalue weighted by molar-refractivity contribution is -0.0938. The zero-order valence-corrected chi connectivity index (χ0v) is 16.6. The first-order chi connectivity index (χ1) is 12.3. The number of hydroxylamine groups is 1. The van der Waals surface area contributed by atoms with Crippen LogP contribution < -0.4 is 0 Å². The van der Waals surface area contributed by atoms with Crippen molar-refractivity contribution in [1.82, 2.24) is 9.37 Å². The Labute approximate surface area is 162 Å². The Morgan fingerprint density at radius 1 is 1.04 bits per heavy atom. The lowest BCUT2D eigenvalue weighted by Gasteiger charge is -2.24. The minimum atomic E-state index is 0.154. The van der Waals surface area contributed by atoms with Gasteiger partial charge in [-0.05, 0) is 73.6 Å². The fraction of sp³-hybridized carbons (Fsp3) is 0.400. The van der Waals surface area contributed by atoms with Crippen molar-refractivity contribution in [3.05, 3.63) is 64.1 Å². The van der Waals surface area contributed by atoms with Crippen molar-refractivity contribution in [3.63, 3.8) is 0 Å². The molecule has 4 rings (SSSR count). The summed E-state index contributed by atoms with van der Waals surface area (Å²) in [7, 11) is 0. The van der Waals surface area contributed by atoms with Crippen LogP contribution in [-0.2, 0) is 4.84 Å². The third-order valence-electron chi connectivity index (χ3n) is 4.83. The summed E-state index contributed by atoms with van der Waals surface area (Å²) in [6.07, 6.45) is 3.79. The van der Waals surface area contributed by atoms with E-state index in [1.54, 1.807) is 11.9 Å². The molecule has 2 aliphatic heterocycles. The number of likely N-dealkylation sites (tertiary alicyclic amines) is 1. The van der Waals surface area contributed by atoms with Crippen LogP contribution in [0.3, 0.4) is 0 Å². The van der Waals surface area contributed by atoms with Crippen LogP contribution in [-0.4, -0.2) is 35.6 Å². The van der Waals surface area contributed by atoms with Crippen LogP contribution in [0.4, 0.5) is 0 Å². The summed E-state index contributed by atoms with van der Waals surface area (Å²) in [6.45, 7) is 4.43. The van der Waals surface area contributed by atoms with Crippen LogP contribution in [0.1, 0.15) is 36.4 Å². The summed E-state index contributed by atoms with van der Waals surface area (Å²) >= 11 is 5.24. The zero-order valence-electron chi connectivity index (χ0n) is 14.2. The summed E-state index contributed by atoms with van der Waals surface area (Å²) in [5.74, 6) is 0. The van der Waals surface area contributed by atoms with Gasteiger partial charge in [0, 0.05) is 15.9 Å². The fourth-order valence-corrected chi connectivity index (χ4v) is 4.90. The van der Waals surface area contributed by atoms with E-state index in [2.05, 4.69) is 73.8 Å². The van der Waals surface area contributed by atoms with E-state index >= 15 is 0 Å². The van der Waals surface area contributed by atoms with Gasteiger partial charge in [0.05, 0.1) is 12.6 Å². The summed E-state index contributed by atoms with van der Waals surface area (Å²) in [5.41, 5.74) is 2.59. The lowest BCUT2D eigenvalue weighted by Crippen LogP contribution is -2.24. The molecule has 2 heterocycles. The van der Waals surface area contributed by atoms with Gasteiger partial charge in [0.2, 0.25) is 0 Å². The molecule has 25 heavy (non-hydrogen) atoms. The lowest BCUT2D eigenvalue weighted by atomic mass is 10.00. The second-order valence-corrected chi connectivity index (χ2v) is 8.50. The van der Waals surface area contributed by atoms with E-state index in [4.69, 9.17) is 4.84 Å². The highest BCUT2D eigenvalue weighted by Crippen LogP contribution is 2.47. The molecule has 2 aromatic rings. The molecule has 1 atom stereocenters. The summed E-state index contributed by atoms with van der Waals surface area (Å²) in [5, 5.41) is 0. The molecule has 3 nitrogen and oxygen atoms in total. The molecule has 1 unspecified atom stereocenters. The largest absolute Gasteiger partial charge is 0.303 e. The van der Waals surface area contributed by atoms with Crippen LogP contribution in [0.25, 0.3) is 0 Å². The first kappa shape index (κ1) is 17.6. The minimum Gasteiger partial charge on any atom is -0.303 e. The van der Waals surface area contributed by atoms with E-state index in [1.807, 2.05) is 0 Å². The average Bonchev–Trinajstić information content (AvgIpc) is 3.27. The normalized spacial score (nSPS) is 20.9. The van der Waals surface area contributed by atoms with E-state index in [0.717, 1.165) is 24.0 Å². The van der Waals surface area contributed by atoms with Crippen LogP contribution >= 0.6 is 27.9 Å². The Morgan fingerprint density at radius 3 is 2.60 bits per heavy atom. The first-order valence-electron chi connectivity index (χ1n) is 8.98. The smallest absolute Gasteiger partial charge is 0.0982 e. The van der Waals surface area contributed by atoms with E-state index < -0.39 is 0 Å². The quantitative estimate of drug-likeness (QED) is 0.468. The van der Waals surface area contributed by atoms with Crippen molar-refractivity contribution in [1.29, 1.82) is 0 Å². The molecule has 2 aromatic carbocycles. The molecule has 0 amide bonds. The number of fused-ring (bicyclic) bond motifs is 1. The second kappa shape index (κ2) is 8.23. The number of benzene rings is 2. The minimum absolute atomic E-state index is 0.154. The summed E-state index contributed by atoms with van der Waals surface area (Å²) in [4.78, 5) is 10.0. The Morgan fingerprint density at radius 2 is 1.80 bits per heavy atom. The second-order valence-electron chi connectivity index (χ2n) is 6.60. The van der Waals surface area contributed by atoms with Crippen LogP contribution in [0, 0.1) is 0 Å². The topological polar surface area (TPSA) is 15.7 Å². The molecule has 0 spiro atoms. The summed E-state index contributed by atoms with van der Waals surface area (Å²) < 4.78 is 3.19.